The van der Waals surface area contributed by atoms with Crippen molar-refractivity contribution < 1.29 is 23.4 Å². The van der Waals surface area contributed by atoms with Gasteiger partial charge >= 0.3 is 0 Å². The summed E-state index contributed by atoms with van der Waals surface area (Å²) in [4.78, 5) is 13.6. The first-order chi connectivity index (χ1) is 11.1. The van der Waals surface area contributed by atoms with E-state index in [4.69, 9.17) is 14.2 Å². The van der Waals surface area contributed by atoms with Gasteiger partial charge < -0.3 is 19.1 Å². The number of hydrogen-bond acceptors (Lipinski definition) is 4. The Morgan fingerprint density at radius 3 is 2.39 bits per heavy atom. The smallest absolute Gasteiger partial charge is 0.264 e. The molecular weight excluding hydrogens is 301 g/mol. The average molecular weight is 319 g/mol. The van der Waals surface area contributed by atoms with Crippen molar-refractivity contribution >= 4 is 11.6 Å². The van der Waals surface area contributed by atoms with Crippen LogP contribution in [0.4, 0.5) is 10.1 Å². The zero-order chi connectivity index (χ0) is 16.8. The van der Waals surface area contributed by atoms with Gasteiger partial charge in [0.1, 0.15) is 0 Å². The van der Waals surface area contributed by atoms with E-state index in [9.17, 15) is 9.18 Å². The highest BCUT2D eigenvalue weighted by molar-refractivity contribution is 5.94. The molecule has 0 spiro atoms. The Hall–Kier alpha value is -2.76. The number of nitrogens with zero attached hydrogens (tertiary/aromatic N) is 1. The molecular formula is C17H18FNO4. The molecule has 5 nitrogen and oxygen atoms in total. The van der Waals surface area contributed by atoms with E-state index in [1.54, 1.807) is 37.4 Å². The van der Waals surface area contributed by atoms with E-state index >= 15 is 0 Å². The van der Waals surface area contributed by atoms with E-state index < -0.39 is 5.82 Å². The lowest BCUT2D eigenvalue weighted by Gasteiger charge is -2.19. The van der Waals surface area contributed by atoms with Crippen molar-refractivity contribution in [1.82, 2.24) is 0 Å². The molecule has 0 unspecified atom stereocenters. The summed E-state index contributed by atoms with van der Waals surface area (Å²) >= 11 is 0. The maximum atomic E-state index is 13.5. The van der Waals surface area contributed by atoms with Crippen LogP contribution in [0.1, 0.15) is 0 Å². The van der Waals surface area contributed by atoms with Gasteiger partial charge in [0.15, 0.2) is 29.7 Å². The van der Waals surface area contributed by atoms with Gasteiger partial charge in [-0.05, 0) is 24.3 Å². The van der Waals surface area contributed by atoms with Crippen LogP contribution in [0.3, 0.4) is 0 Å². The molecule has 0 saturated heterocycles. The van der Waals surface area contributed by atoms with Crippen LogP contribution in [-0.4, -0.2) is 33.8 Å². The molecule has 0 heterocycles. The first-order valence-electron chi connectivity index (χ1n) is 6.92. The Morgan fingerprint density at radius 2 is 1.74 bits per heavy atom. The minimum atomic E-state index is -0.505. The summed E-state index contributed by atoms with van der Waals surface area (Å²) in [7, 11) is 4.66. The lowest BCUT2D eigenvalue weighted by Crippen LogP contribution is -2.31. The number of carbonyl (C=O) groups is 1. The van der Waals surface area contributed by atoms with Crippen LogP contribution in [0.2, 0.25) is 0 Å². The quantitative estimate of drug-likeness (QED) is 0.821. The molecule has 0 fully saturated rings. The number of benzene rings is 2. The Morgan fingerprint density at radius 1 is 1.04 bits per heavy atom. The molecule has 0 radical (unpaired) electrons. The average Bonchev–Trinajstić information content (AvgIpc) is 2.59. The highest BCUT2D eigenvalue weighted by Gasteiger charge is 2.15. The summed E-state index contributed by atoms with van der Waals surface area (Å²) in [5.74, 6) is 0.301. The van der Waals surface area contributed by atoms with Crippen molar-refractivity contribution in [3.05, 3.63) is 48.3 Å². The third kappa shape index (κ3) is 3.91. The van der Waals surface area contributed by atoms with Crippen molar-refractivity contribution in [2.45, 2.75) is 0 Å². The Labute approximate surface area is 134 Å². The van der Waals surface area contributed by atoms with Crippen molar-refractivity contribution in [2.75, 3.05) is 32.8 Å². The third-order valence-electron chi connectivity index (χ3n) is 3.32. The van der Waals surface area contributed by atoms with Gasteiger partial charge in [-0.25, -0.2) is 4.39 Å². The second-order valence-electron chi connectivity index (χ2n) is 4.71. The molecule has 0 aliphatic heterocycles. The molecule has 2 rings (SSSR count). The number of hydrogen-bond donors (Lipinski definition) is 0. The highest BCUT2D eigenvalue weighted by atomic mass is 19.1. The molecule has 0 atom stereocenters. The Kier molecular flexibility index (Phi) is 5.41. The number of methoxy groups -OCH3 is 2. The third-order valence-corrected chi connectivity index (χ3v) is 3.32. The topological polar surface area (TPSA) is 48.0 Å². The maximum absolute atomic E-state index is 13.5. The fourth-order valence-electron chi connectivity index (χ4n) is 1.98. The normalized spacial score (nSPS) is 10.1. The van der Waals surface area contributed by atoms with Crippen LogP contribution in [-0.2, 0) is 4.79 Å². The van der Waals surface area contributed by atoms with E-state index in [1.165, 1.54) is 31.3 Å². The van der Waals surface area contributed by atoms with Crippen LogP contribution in [0.25, 0.3) is 0 Å². The standard InChI is InChI=1S/C17H18FNO4/c1-19(12-8-9-15(21-2)16(10-12)22-3)17(20)11-23-14-7-5-4-6-13(14)18/h4-10H,11H2,1-3H3. The van der Waals surface area contributed by atoms with Gasteiger partial charge in [0, 0.05) is 18.8 Å². The van der Waals surface area contributed by atoms with Crippen molar-refractivity contribution in [1.29, 1.82) is 0 Å². The van der Waals surface area contributed by atoms with Gasteiger partial charge in [-0.1, -0.05) is 12.1 Å². The lowest BCUT2D eigenvalue weighted by molar-refractivity contribution is -0.120. The molecule has 0 bridgehead atoms. The van der Waals surface area contributed by atoms with E-state index in [0.29, 0.717) is 17.2 Å². The molecule has 0 aliphatic rings. The van der Waals surface area contributed by atoms with Crippen LogP contribution in [0.15, 0.2) is 42.5 Å². The van der Waals surface area contributed by atoms with Crippen LogP contribution < -0.4 is 19.1 Å². The monoisotopic (exact) mass is 319 g/mol. The SMILES string of the molecule is COc1ccc(N(C)C(=O)COc2ccccc2F)cc1OC. The van der Waals surface area contributed by atoms with Gasteiger partial charge in [-0.2, -0.15) is 0 Å². The minimum absolute atomic E-state index is 0.0431. The Bertz CT molecular complexity index is 690. The Balaban J connectivity index is 2.06. The number of amides is 1. The van der Waals surface area contributed by atoms with Gasteiger partial charge in [-0.3, -0.25) is 4.79 Å². The van der Waals surface area contributed by atoms with Crippen molar-refractivity contribution in [3.63, 3.8) is 0 Å². The first kappa shape index (κ1) is 16.6. The summed E-state index contributed by atoms with van der Waals surface area (Å²) in [6.07, 6.45) is 0. The summed E-state index contributed by atoms with van der Waals surface area (Å²) in [6.45, 7) is -0.272. The number of anilines is 1. The zero-order valence-corrected chi connectivity index (χ0v) is 13.2. The van der Waals surface area contributed by atoms with E-state index in [1.807, 2.05) is 0 Å². The van der Waals surface area contributed by atoms with E-state index in [2.05, 4.69) is 0 Å². The number of carbonyl (C=O) groups excluding carboxylic acids is 1. The van der Waals surface area contributed by atoms with Crippen LogP contribution >= 0.6 is 0 Å². The molecule has 0 N–H and O–H groups in total. The van der Waals surface area contributed by atoms with Crippen LogP contribution in [0, 0.1) is 5.82 Å². The summed E-state index contributed by atoms with van der Waals surface area (Å²) in [5, 5.41) is 0. The van der Waals surface area contributed by atoms with Crippen molar-refractivity contribution in [2.24, 2.45) is 0 Å². The fourth-order valence-corrected chi connectivity index (χ4v) is 1.98. The minimum Gasteiger partial charge on any atom is -0.493 e. The van der Waals surface area contributed by atoms with Crippen molar-refractivity contribution in [3.8, 4) is 17.2 Å². The number of ether oxygens (including phenoxy) is 3. The van der Waals surface area contributed by atoms with Gasteiger partial charge in [0.05, 0.1) is 14.2 Å². The van der Waals surface area contributed by atoms with E-state index in [0.717, 1.165) is 0 Å². The predicted molar refractivity (Wildman–Crippen MR) is 84.9 cm³/mol. The number of halogens is 1. The molecule has 2 aromatic rings. The van der Waals surface area contributed by atoms with Gasteiger partial charge in [-0.15, -0.1) is 0 Å². The van der Waals surface area contributed by atoms with E-state index in [-0.39, 0.29) is 18.3 Å². The van der Waals surface area contributed by atoms with Gasteiger partial charge in [0.2, 0.25) is 0 Å². The summed E-state index contributed by atoms with van der Waals surface area (Å²) in [5.41, 5.74) is 0.616. The fraction of sp³-hybridized carbons (Fsp3) is 0.235. The lowest BCUT2D eigenvalue weighted by atomic mass is 10.2. The second-order valence-corrected chi connectivity index (χ2v) is 4.71. The molecule has 23 heavy (non-hydrogen) atoms. The molecule has 2 aromatic carbocycles. The second kappa shape index (κ2) is 7.49. The molecule has 6 heteroatoms. The molecule has 0 saturated carbocycles. The summed E-state index contributed by atoms with van der Waals surface area (Å²) < 4.78 is 29.0. The molecule has 0 aliphatic carbocycles. The molecule has 0 aromatic heterocycles. The number of likely N-dealkylation sites (N-methyl/N-ethyl adjacent to an activating group) is 1. The molecule has 1 amide bonds. The highest BCUT2D eigenvalue weighted by Crippen LogP contribution is 2.31. The largest absolute Gasteiger partial charge is 0.493 e. The zero-order valence-electron chi connectivity index (χ0n) is 13.2. The van der Waals surface area contributed by atoms with Crippen LogP contribution in [0.5, 0.6) is 17.2 Å². The number of rotatable bonds is 6. The number of para-hydroxylation sites is 1. The first-order valence-corrected chi connectivity index (χ1v) is 6.92. The van der Waals surface area contributed by atoms with Gasteiger partial charge in [0.25, 0.3) is 5.91 Å². The maximum Gasteiger partial charge on any atom is 0.264 e. The molecule has 122 valence electrons. The predicted octanol–water partition coefficient (Wildman–Crippen LogP) is 2.88. The summed E-state index contributed by atoms with van der Waals surface area (Å²) in [6, 6.07) is 11.1.